The molecule has 0 radical (unpaired) electrons. The number of ether oxygens (including phenoxy) is 1. The first-order valence-electron chi connectivity index (χ1n) is 5.15. The highest BCUT2D eigenvalue weighted by Gasteiger charge is 2.16. The van der Waals surface area contributed by atoms with Gasteiger partial charge in [-0.1, -0.05) is 0 Å². The zero-order chi connectivity index (χ0) is 9.97. The van der Waals surface area contributed by atoms with Crippen LogP contribution >= 0.6 is 0 Å². The van der Waals surface area contributed by atoms with E-state index in [1.54, 1.807) is 0 Å². The molecule has 4 heteroatoms. The third-order valence-electron chi connectivity index (χ3n) is 2.71. The van der Waals surface area contributed by atoms with Gasteiger partial charge in [-0.05, 0) is 19.8 Å². The zero-order valence-electron chi connectivity index (χ0n) is 8.52. The Bertz CT molecular complexity index is 289. The van der Waals surface area contributed by atoms with E-state index in [4.69, 9.17) is 10.5 Å². The third-order valence-corrected chi connectivity index (χ3v) is 2.71. The van der Waals surface area contributed by atoms with E-state index in [0.29, 0.717) is 6.04 Å². The molecule has 2 N–H and O–H groups in total. The van der Waals surface area contributed by atoms with E-state index in [9.17, 15) is 0 Å². The first-order chi connectivity index (χ1) is 6.77. The van der Waals surface area contributed by atoms with E-state index >= 15 is 0 Å². The van der Waals surface area contributed by atoms with Crippen molar-refractivity contribution in [1.29, 1.82) is 0 Å². The summed E-state index contributed by atoms with van der Waals surface area (Å²) >= 11 is 0. The number of hydrogen-bond acceptors (Lipinski definition) is 3. The number of rotatable bonds is 2. The van der Waals surface area contributed by atoms with Gasteiger partial charge in [0.1, 0.15) is 0 Å². The second kappa shape index (κ2) is 4.11. The van der Waals surface area contributed by atoms with Crippen LogP contribution in [0, 0.1) is 0 Å². The molecule has 1 aromatic heterocycles. The molecule has 14 heavy (non-hydrogen) atoms. The highest BCUT2D eigenvalue weighted by atomic mass is 16.5. The minimum atomic E-state index is 0.0728. The van der Waals surface area contributed by atoms with E-state index in [1.165, 1.54) is 0 Å². The number of hydrogen-bond donors (Lipinski definition) is 1. The Balaban J connectivity index is 2.07. The molecule has 0 spiro atoms. The summed E-state index contributed by atoms with van der Waals surface area (Å²) in [5.41, 5.74) is 6.89. The van der Waals surface area contributed by atoms with Crippen LogP contribution in [0.15, 0.2) is 12.4 Å². The van der Waals surface area contributed by atoms with Gasteiger partial charge in [0.15, 0.2) is 0 Å². The van der Waals surface area contributed by atoms with E-state index in [1.807, 2.05) is 17.8 Å². The van der Waals surface area contributed by atoms with E-state index < -0.39 is 0 Å². The first kappa shape index (κ1) is 9.68. The van der Waals surface area contributed by atoms with Gasteiger partial charge >= 0.3 is 0 Å². The number of aromatic nitrogens is 2. The molecule has 1 saturated heterocycles. The van der Waals surface area contributed by atoms with Crippen LogP contribution in [0.2, 0.25) is 0 Å². The molecule has 0 aliphatic carbocycles. The Morgan fingerprint density at radius 2 is 2.29 bits per heavy atom. The average Bonchev–Trinajstić information content (AvgIpc) is 2.68. The minimum absolute atomic E-state index is 0.0728. The van der Waals surface area contributed by atoms with Crippen molar-refractivity contribution in [2.24, 2.45) is 5.73 Å². The average molecular weight is 195 g/mol. The summed E-state index contributed by atoms with van der Waals surface area (Å²) in [6.45, 7) is 3.67. The Labute approximate surface area is 84.0 Å². The summed E-state index contributed by atoms with van der Waals surface area (Å²) in [6.07, 6.45) is 6.03. The Morgan fingerprint density at radius 3 is 2.86 bits per heavy atom. The molecule has 0 amide bonds. The smallest absolute Gasteiger partial charge is 0.0563 e. The molecule has 1 aliphatic rings. The van der Waals surface area contributed by atoms with Crippen LogP contribution in [0.3, 0.4) is 0 Å². The van der Waals surface area contributed by atoms with Gasteiger partial charge in [0.2, 0.25) is 0 Å². The second-order valence-electron chi connectivity index (χ2n) is 3.89. The lowest BCUT2D eigenvalue weighted by molar-refractivity contribution is 0.0662. The van der Waals surface area contributed by atoms with Crippen molar-refractivity contribution in [3.8, 4) is 0 Å². The van der Waals surface area contributed by atoms with Gasteiger partial charge in [-0.25, -0.2) is 0 Å². The summed E-state index contributed by atoms with van der Waals surface area (Å²) < 4.78 is 7.34. The van der Waals surface area contributed by atoms with Crippen LogP contribution in [0.25, 0.3) is 0 Å². The monoisotopic (exact) mass is 195 g/mol. The predicted molar refractivity (Wildman–Crippen MR) is 53.9 cm³/mol. The Morgan fingerprint density at radius 1 is 1.57 bits per heavy atom. The molecule has 2 heterocycles. The maximum absolute atomic E-state index is 5.78. The lowest BCUT2D eigenvalue weighted by Crippen LogP contribution is -2.19. The van der Waals surface area contributed by atoms with Gasteiger partial charge < -0.3 is 10.5 Å². The quantitative estimate of drug-likeness (QED) is 0.772. The van der Waals surface area contributed by atoms with E-state index in [0.717, 1.165) is 31.6 Å². The summed E-state index contributed by atoms with van der Waals surface area (Å²) in [5, 5.41) is 4.34. The lowest BCUT2D eigenvalue weighted by Gasteiger charge is -2.22. The van der Waals surface area contributed by atoms with Crippen LogP contribution < -0.4 is 5.73 Å². The van der Waals surface area contributed by atoms with Crippen molar-refractivity contribution in [2.75, 3.05) is 13.2 Å². The second-order valence-corrected chi connectivity index (χ2v) is 3.89. The molecule has 1 aliphatic heterocycles. The lowest BCUT2D eigenvalue weighted by atomic mass is 10.1. The maximum atomic E-state index is 5.78. The van der Waals surface area contributed by atoms with Crippen molar-refractivity contribution in [3.05, 3.63) is 18.0 Å². The molecule has 1 atom stereocenters. The summed E-state index contributed by atoms with van der Waals surface area (Å²) in [7, 11) is 0. The van der Waals surface area contributed by atoms with Crippen LogP contribution in [-0.4, -0.2) is 23.0 Å². The van der Waals surface area contributed by atoms with Crippen molar-refractivity contribution < 1.29 is 4.74 Å². The molecule has 1 aromatic rings. The van der Waals surface area contributed by atoms with Gasteiger partial charge in [0.25, 0.3) is 0 Å². The van der Waals surface area contributed by atoms with Crippen LogP contribution in [0.4, 0.5) is 0 Å². The minimum Gasteiger partial charge on any atom is -0.381 e. The molecule has 0 bridgehead atoms. The topological polar surface area (TPSA) is 53.1 Å². The molecule has 4 nitrogen and oxygen atoms in total. The van der Waals surface area contributed by atoms with E-state index in [2.05, 4.69) is 11.3 Å². The largest absolute Gasteiger partial charge is 0.381 e. The predicted octanol–water partition coefficient (Wildman–Crippen LogP) is 1.25. The summed E-state index contributed by atoms with van der Waals surface area (Å²) in [4.78, 5) is 0. The summed E-state index contributed by atoms with van der Waals surface area (Å²) in [5.74, 6) is 0. The molecule has 2 rings (SSSR count). The first-order valence-corrected chi connectivity index (χ1v) is 5.15. The third kappa shape index (κ3) is 1.96. The van der Waals surface area contributed by atoms with E-state index in [-0.39, 0.29) is 6.04 Å². The fraction of sp³-hybridized carbons (Fsp3) is 0.700. The molecule has 0 aromatic carbocycles. The number of nitrogens with zero attached hydrogens (tertiary/aromatic N) is 2. The summed E-state index contributed by atoms with van der Waals surface area (Å²) in [6, 6.07) is 0.569. The fourth-order valence-corrected chi connectivity index (χ4v) is 1.74. The van der Waals surface area contributed by atoms with Crippen molar-refractivity contribution in [1.82, 2.24) is 9.78 Å². The number of nitrogens with two attached hydrogens (primary N) is 1. The fourth-order valence-electron chi connectivity index (χ4n) is 1.74. The highest BCUT2D eigenvalue weighted by molar-refractivity contribution is 5.08. The van der Waals surface area contributed by atoms with Gasteiger partial charge in [-0.15, -0.1) is 0 Å². The molecule has 78 valence electrons. The van der Waals surface area contributed by atoms with Crippen LogP contribution in [-0.2, 0) is 4.74 Å². The van der Waals surface area contributed by atoms with Gasteiger partial charge in [-0.3, -0.25) is 4.68 Å². The van der Waals surface area contributed by atoms with Crippen molar-refractivity contribution in [3.63, 3.8) is 0 Å². The maximum Gasteiger partial charge on any atom is 0.0563 e. The highest BCUT2D eigenvalue weighted by Crippen LogP contribution is 2.21. The van der Waals surface area contributed by atoms with Gasteiger partial charge in [0, 0.05) is 31.0 Å². The SMILES string of the molecule is CC(N)c1cnn(C2CCOCC2)c1. The normalized spacial score (nSPS) is 21.0. The zero-order valence-corrected chi connectivity index (χ0v) is 8.52. The van der Waals surface area contributed by atoms with Gasteiger partial charge in [-0.2, -0.15) is 5.10 Å². The molecule has 0 saturated carbocycles. The van der Waals surface area contributed by atoms with Crippen LogP contribution in [0.5, 0.6) is 0 Å². The molecular weight excluding hydrogens is 178 g/mol. The Hall–Kier alpha value is -0.870. The van der Waals surface area contributed by atoms with Gasteiger partial charge in [0.05, 0.1) is 12.2 Å². The molecule has 1 fully saturated rings. The molecular formula is C10H17N3O. The van der Waals surface area contributed by atoms with Crippen LogP contribution in [0.1, 0.15) is 37.4 Å². The Kier molecular flexibility index (Phi) is 2.84. The van der Waals surface area contributed by atoms with Crippen molar-refractivity contribution in [2.45, 2.75) is 31.8 Å². The van der Waals surface area contributed by atoms with Crippen molar-refractivity contribution >= 4 is 0 Å². The molecule has 1 unspecified atom stereocenters. The standard InChI is InChI=1S/C10H17N3O/c1-8(11)9-6-12-13(7-9)10-2-4-14-5-3-10/h6-8,10H,2-5,11H2,1H3.